The first-order chi connectivity index (χ1) is 38.5. The van der Waals surface area contributed by atoms with Crippen molar-refractivity contribution in [3.05, 3.63) is 24.3 Å². The molecular formula is C72H139NO5. The Balaban J connectivity index is 3.33. The predicted molar refractivity (Wildman–Crippen MR) is 343 cm³/mol. The van der Waals surface area contributed by atoms with Gasteiger partial charge in [-0.3, -0.25) is 9.59 Å². The molecule has 0 saturated heterocycles. The molecule has 2 unspecified atom stereocenters. The highest BCUT2D eigenvalue weighted by molar-refractivity contribution is 5.76. The Kier molecular flexibility index (Phi) is 66.4. The van der Waals surface area contributed by atoms with Gasteiger partial charge in [0.1, 0.15) is 0 Å². The van der Waals surface area contributed by atoms with E-state index in [-0.39, 0.29) is 18.5 Å². The summed E-state index contributed by atoms with van der Waals surface area (Å²) < 4.78 is 5.51. The molecule has 2 atom stereocenters. The van der Waals surface area contributed by atoms with Crippen LogP contribution in [0.3, 0.4) is 0 Å². The SMILES string of the molecule is CCCCCCCC/C=C\CCCCCCCCCCCC(=O)OCCCCCCCCCCCCCCCCCCCCCCCCCCCCCCC(=O)NC(CO)C(O)/C=C/CCCCCCCCCCCCCC. The molecule has 0 fully saturated rings. The summed E-state index contributed by atoms with van der Waals surface area (Å²) in [6.07, 6.45) is 85.5. The van der Waals surface area contributed by atoms with Crippen molar-refractivity contribution in [1.29, 1.82) is 0 Å². The molecule has 0 heterocycles. The van der Waals surface area contributed by atoms with E-state index in [9.17, 15) is 19.8 Å². The fraction of sp³-hybridized carbons (Fsp3) is 0.917. The first-order valence-electron chi connectivity index (χ1n) is 35.6. The molecule has 6 heteroatoms. The quantitative estimate of drug-likeness (QED) is 0.0320. The molecule has 0 aromatic heterocycles. The van der Waals surface area contributed by atoms with E-state index in [0.29, 0.717) is 19.4 Å². The lowest BCUT2D eigenvalue weighted by Gasteiger charge is -2.20. The van der Waals surface area contributed by atoms with E-state index >= 15 is 0 Å². The van der Waals surface area contributed by atoms with Gasteiger partial charge in [-0.15, -0.1) is 0 Å². The predicted octanol–water partition coefficient (Wildman–Crippen LogP) is 22.9. The van der Waals surface area contributed by atoms with Gasteiger partial charge in [0.15, 0.2) is 0 Å². The van der Waals surface area contributed by atoms with Crippen molar-refractivity contribution < 1.29 is 24.5 Å². The van der Waals surface area contributed by atoms with Gasteiger partial charge in [0.2, 0.25) is 5.91 Å². The van der Waals surface area contributed by atoms with Gasteiger partial charge >= 0.3 is 5.97 Å². The number of esters is 1. The van der Waals surface area contributed by atoms with Gasteiger partial charge in [-0.2, -0.15) is 0 Å². The van der Waals surface area contributed by atoms with Crippen LogP contribution in [0.1, 0.15) is 399 Å². The molecule has 0 rings (SSSR count). The number of rotatable bonds is 67. The van der Waals surface area contributed by atoms with Crippen LogP contribution in [0, 0.1) is 0 Å². The van der Waals surface area contributed by atoms with Crippen molar-refractivity contribution in [3.8, 4) is 0 Å². The Morgan fingerprint density at radius 2 is 0.603 bits per heavy atom. The van der Waals surface area contributed by atoms with Crippen LogP contribution in [0.2, 0.25) is 0 Å². The molecular weight excluding hydrogens is 959 g/mol. The topological polar surface area (TPSA) is 95.9 Å². The lowest BCUT2D eigenvalue weighted by Crippen LogP contribution is -2.45. The molecule has 0 aromatic carbocycles. The minimum Gasteiger partial charge on any atom is -0.466 e. The van der Waals surface area contributed by atoms with Gasteiger partial charge in [0.25, 0.3) is 0 Å². The summed E-state index contributed by atoms with van der Waals surface area (Å²) in [4.78, 5) is 24.6. The molecule has 0 bridgehead atoms. The summed E-state index contributed by atoms with van der Waals surface area (Å²) in [6, 6.07) is -0.625. The third-order valence-electron chi connectivity index (χ3n) is 16.7. The van der Waals surface area contributed by atoms with Gasteiger partial charge in [-0.25, -0.2) is 0 Å². The van der Waals surface area contributed by atoms with Crippen molar-refractivity contribution in [2.24, 2.45) is 0 Å². The molecule has 0 saturated carbocycles. The van der Waals surface area contributed by atoms with Crippen LogP contribution >= 0.6 is 0 Å². The molecule has 1 amide bonds. The highest BCUT2D eigenvalue weighted by atomic mass is 16.5. The first kappa shape index (κ1) is 76.3. The molecule has 0 radical (unpaired) electrons. The molecule has 462 valence electrons. The van der Waals surface area contributed by atoms with E-state index in [1.807, 2.05) is 6.08 Å². The van der Waals surface area contributed by atoms with Gasteiger partial charge in [0, 0.05) is 12.8 Å². The summed E-state index contributed by atoms with van der Waals surface area (Å²) >= 11 is 0. The smallest absolute Gasteiger partial charge is 0.305 e. The Labute approximate surface area is 488 Å². The Morgan fingerprint density at radius 3 is 0.910 bits per heavy atom. The van der Waals surface area contributed by atoms with Crippen molar-refractivity contribution in [2.45, 2.75) is 411 Å². The van der Waals surface area contributed by atoms with E-state index in [1.165, 1.54) is 334 Å². The molecule has 0 aliphatic rings. The third-order valence-corrected chi connectivity index (χ3v) is 16.7. The number of aliphatic hydroxyl groups is 2. The Hall–Kier alpha value is -1.66. The largest absolute Gasteiger partial charge is 0.466 e. The van der Waals surface area contributed by atoms with Crippen molar-refractivity contribution in [1.82, 2.24) is 5.32 Å². The van der Waals surface area contributed by atoms with Gasteiger partial charge < -0.3 is 20.3 Å². The molecule has 0 aliphatic carbocycles. The van der Waals surface area contributed by atoms with Gasteiger partial charge in [-0.1, -0.05) is 353 Å². The van der Waals surface area contributed by atoms with Crippen molar-refractivity contribution >= 4 is 11.9 Å². The molecule has 0 aromatic rings. The lowest BCUT2D eigenvalue weighted by molar-refractivity contribution is -0.143. The van der Waals surface area contributed by atoms with Crippen LogP contribution in [0.4, 0.5) is 0 Å². The number of ether oxygens (including phenoxy) is 1. The zero-order valence-electron chi connectivity index (χ0n) is 52.9. The van der Waals surface area contributed by atoms with Crippen molar-refractivity contribution in [2.75, 3.05) is 13.2 Å². The summed E-state index contributed by atoms with van der Waals surface area (Å²) in [6.45, 7) is 4.93. The van der Waals surface area contributed by atoms with Crippen molar-refractivity contribution in [3.63, 3.8) is 0 Å². The first-order valence-corrected chi connectivity index (χ1v) is 35.6. The second kappa shape index (κ2) is 67.8. The summed E-state index contributed by atoms with van der Waals surface area (Å²) in [5.41, 5.74) is 0. The number of hydrogen-bond acceptors (Lipinski definition) is 5. The van der Waals surface area contributed by atoms with Gasteiger partial charge in [0.05, 0.1) is 25.4 Å². The van der Waals surface area contributed by atoms with E-state index in [0.717, 1.165) is 38.5 Å². The van der Waals surface area contributed by atoms with Crippen LogP contribution in [0.5, 0.6) is 0 Å². The maximum Gasteiger partial charge on any atom is 0.305 e. The number of hydrogen-bond donors (Lipinski definition) is 3. The minimum absolute atomic E-state index is 0.0187. The highest BCUT2D eigenvalue weighted by Gasteiger charge is 2.18. The number of carbonyl (C=O) groups excluding carboxylic acids is 2. The molecule has 0 spiro atoms. The fourth-order valence-electron chi connectivity index (χ4n) is 11.3. The number of allylic oxidation sites excluding steroid dienone is 3. The lowest BCUT2D eigenvalue weighted by atomic mass is 10.0. The van der Waals surface area contributed by atoms with Crippen LogP contribution < -0.4 is 5.32 Å². The molecule has 0 aliphatic heterocycles. The summed E-state index contributed by atoms with van der Waals surface area (Å²) in [7, 11) is 0. The monoisotopic (exact) mass is 1100 g/mol. The number of aliphatic hydroxyl groups excluding tert-OH is 2. The molecule has 3 N–H and O–H groups in total. The van der Waals surface area contributed by atoms with E-state index in [2.05, 4.69) is 31.3 Å². The zero-order chi connectivity index (χ0) is 56.4. The standard InChI is InChI=1S/C72H139NO5/c1-3-5-7-9-11-13-15-17-19-20-31-35-38-42-46-50-54-58-62-66-72(77)78-67-63-59-55-51-47-43-39-36-33-30-28-26-24-22-21-23-25-27-29-32-34-37-41-45-49-53-57-61-65-71(76)73-69(68-74)70(75)64-60-56-52-48-44-40-18-16-14-12-10-8-6-4-2/h17,19,60,64,69-70,74-75H,3-16,18,20-59,61-63,65-68H2,1-2H3,(H,73,76)/b19-17-,64-60+. The van der Waals surface area contributed by atoms with E-state index in [4.69, 9.17) is 4.74 Å². The normalized spacial score (nSPS) is 12.6. The maximum absolute atomic E-state index is 12.5. The molecule has 6 nitrogen and oxygen atoms in total. The zero-order valence-corrected chi connectivity index (χ0v) is 52.9. The second-order valence-corrected chi connectivity index (χ2v) is 24.6. The Bertz CT molecular complexity index is 1220. The van der Waals surface area contributed by atoms with E-state index < -0.39 is 12.1 Å². The second-order valence-electron chi connectivity index (χ2n) is 24.6. The van der Waals surface area contributed by atoms with Crippen LogP contribution in [-0.4, -0.2) is 47.4 Å². The summed E-state index contributed by atoms with van der Waals surface area (Å²) in [5, 5.41) is 23.1. The number of amides is 1. The molecule has 78 heavy (non-hydrogen) atoms. The maximum atomic E-state index is 12.5. The van der Waals surface area contributed by atoms with Gasteiger partial charge in [-0.05, 0) is 57.8 Å². The van der Waals surface area contributed by atoms with E-state index in [1.54, 1.807) is 6.08 Å². The third kappa shape index (κ3) is 63.5. The van der Waals surface area contributed by atoms with Crippen LogP contribution in [-0.2, 0) is 14.3 Å². The summed E-state index contributed by atoms with van der Waals surface area (Å²) in [5.74, 6) is -0.0440. The average Bonchev–Trinajstić information content (AvgIpc) is 3.44. The number of carbonyl (C=O) groups is 2. The number of unbranched alkanes of at least 4 members (excludes halogenated alkanes) is 54. The Morgan fingerprint density at radius 1 is 0.346 bits per heavy atom. The van der Waals surface area contributed by atoms with Crippen LogP contribution in [0.15, 0.2) is 24.3 Å². The number of nitrogens with one attached hydrogen (secondary N) is 1. The fourth-order valence-corrected chi connectivity index (χ4v) is 11.3. The average molecular weight is 1100 g/mol. The van der Waals surface area contributed by atoms with Crippen LogP contribution in [0.25, 0.3) is 0 Å². The minimum atomic E-state index is -0.841. The highest BCUT2D eigenvalue weighted by Crippen LogP contribution is 2.19.